The summed E-state index contributed by atoms with van der Waals surface area (Å²) in [6, 6.07) is 13.8. The zero-order chi connectivity index (χ0) is 14.4. The molecule has 0 saturated carbocycles. The summed E-state index contributed by atoms with van der Waals surface area (Å²) in [5, 5.41) is 0. The molecule has 0 N–H and O–H groups in total. The molecule has 0 aliphatic carbocycles. The molecule has 0 aromatic heterocycles. The van der Waals surface area contributed by atoms with E-state index in [1.54, 1.807) is 12.1 Å². The maximum Gasteiger partial charge on any atom is 0.127 e. The van der Waals surface area contributed by atoms with E-state index in [1.807, 2.05) is 31.2 Å². The summed E-state index contributed by atoms with van der Waals surface area (Å²) in [6.45, 7) is 2.54. The fourth-order valence-corrected chi connectivity index (χ4v) is 2.14. The Morgan fingerprint density at radius 3 is 2.60 bits per heavy atom. The average molecular weight is 272 g/mol. The van der Waals surface area contributed by atoms with Crippen LogP contribution in [0.15, 0.2) is 48.5 Å². The number of carbonyl (C=O) groups is 1. The predicted molar refractivity (Wildman–Crippen MR) is 76.5 cm³/mol. The topological polar surface area (TPSA) is 26.3 Å². The fourth-order valence-electron chi connectivity index (χ4n) is 2.14. The van der Waals surface area contributed by atoms with E-state index in [2.05, 4.69) is 0 Å². The molecule has 0 heterocycles. The lowest BCUT2D eigenvalue weighted by Crippen LogP contribution is -2.05. The van der Waals surface area contributed by atoms with Crippen LogP contribution in [0.1, 0.15) is 24.0 Å². The highest BCUT2D eigenvalue weighted by atomic mass is 19.1. The third-order valence-electron chi connectivity index (χ3n) is 3.13. The second kappa shape index (κ2) is 6.85. The second-order valence-corrected chi connectivity index (χ2v) is 4.58. The van der Waals surface area contributed by atoms with Crippen LogP contribution in [0, 0.1) is 5.82 Å². The molecular weight excluding hydrogens is 255 g/mol. The molecule has 2 aromatic rings. The van der Waals surface area contributed by atoms with Crippen molar-refractivity contribution >= 4 is 6.29 Å². The highest BCUT2D eigenvalue weighted by Crippen LogP contribution is 2.22. The van der Waals surface area contributed by atoms with Crippen LogP contribution >= 0.6 is 0 Å². The Labute approximate surface area is 118 Å². The van der Waals surface area contributed by atoms with Crippen molar-refractivity contribution in [1.29, 1.82) is 0 Å². The van der Waals surface area contributed by atoms with Gasteiger partial charge in [0.2, 0.25) is 0 Å². The lowest BCUT2D eigenvalue weighted by molar-refractivity contribution is -0.109. The maximum absolute atomic E-state index is 12.9. The second-order valence-electron chi connectivity index (χ2n) is 4.58. The van der Waals surface area contributed by atoms with E-state index in [0.717, 1.165) is 23.2 Å². The minimum absolute atomic E-state index is 0.271. The monoisotopic (exact) mass is 272 g/mol. The molecule has 0 bridgehead atoms. The predicted octanol–water partition coefficient (Wildman–Crippen LogP) is 3.75. The van der Waals surface area contributed by atoms with E-state index in [-0.39, 0.29) is 11.7 Å². The van der Waals surface area contributed by atoms with Crippen LogP contribution in [-0.4, -0.2) is 12.9 Å². The molecule has 20 heavy (non-hydrogen) atoms. The molecule has 0 fully saturated rings. The molecule has 0 spiro atoms. The molecule has 2 aromatic carbocycles. The van der Waals surface area contributed by atoms with Gasteiger partial charge in [0, 0.05) is 5.92 Å². The number of ether oxygens (including phenoxy) is 1. The van der Waals surface area contributed by atoms with E-state index < -0.39 is 0 Å². The number of rotatable bonds is 6. The van der Waals surface area contributed by atoms with Crippen molar-refractivity contribution in [2.75, 3.05) is 6.61 Å². The molecule has 104 valence electrons. The first-order valence-corrected chi connectivity index (χ1v) is 6.65. The van der Waals surface area contributed by atoms with E-state index in [0.29, 0.717) is 13.0 Å². The van der Waals surface area contributed by atoms with Crippen LogP contribution < -0.4 is 4.74 Å². The number of benzene rings is 2. The van der Waals surface area contributed by atoms with Gasteiger partial charge in [-0.3, -0.25) is 0 Å². The van der Waals surface area contributed by atoms with Crippen LogP contribution in [0.25, 0.3) is 0 Å². The lowest BCUT2D eigenvalue weighted by Gasteiger charge is -2.12. The minimum atomic E-state index is -0.295. The standard InChI is InChI=1S/C17H17FO2/c1-2-20-17-5-3-4-13(11-17)10-15(12-19)14-6-8-16(18)9-7-14/h3-9,11-12,15H,2,10H2,1H3. The molecule has 0 radical (unpaired) electrons. The summed E-state index contributed by atoms with van der Waals surface area (Å²) >= 11 is 0. The van der Waals surface area contributed by atoms with Gasteiger partial charge in [0.1, 0.15) is 17.9 Å². The van der Waals surface area contributed by atoms with Crippen molar-refractivity contribution in [3.63, 3.8) is 0 Å². The van der Waals surface area contributed by atoms with Crippen LogP contribution in [-0.2, 0) is 11.2 Å². The van der Waals surface area contributed by atoms with Gasteiger partial charge < -0.3 is 9.53 Å². The van der Waals surface area contributed by atoms with Crippen LogP contribution in [0.2, 0.25) is 0 Å². The zero-order valence-corrected chi connectivity index (χ0v) is 11.4. The van der Waals surface area contributed by atoms with Crippen molar-refractivity contribution in [3.05, 3.63) is 65.5 Å². The van der Waals surface area contributed by atoms with Gasteiger partial charge in [-0.15, -0.1) is 0 Å². The smallest absolute Gasteiger partial charge is 0.127 e. The number of hydrogen-bond acceptors (Lipinski definition) is 2. The first-order chi connectivity index (χ1) is 9.72. The van der Waals surface area contributed by atoms with Crippen molar-refractivity contribution in [2.24, 2.45) is 0 Å². The van der Waals surface area contributed by atoms with Crippen molar-refractivity contribution in [2.45, 2.75) is 19.3 Å². The molecule has 1 unspecified atom stereocenters. The molecule has 0 saturated heterocycles. The quantitative estimate of drug-likeness (QED) is 0.749. The van der Waals surface area contributed by atoms with Gasteiger partial charge in [0.05, 0.1) is 6.61 Å². The highest BCUT2D eigenvalue weighted by Gasteiger charge is 2.12. The molecule has 2 rings (SSSR count). The zero-order valence-electron chi connectivity index (χ0n) is 11.4. The van der Waals surface area contributed by atoms with E-state index >= 15 is 0 Å². The molecule has 0 amide bonds. The first kappa shape index (κ1) is 14.3. The van der Waals surface area contributed by atoms with Crippen LogP contribution in [0.3, 0.4) is 0 Å². The fraction of sp³-hybridized carbons (Fsp3) is 0.235. The highest BCUT2D eigenvalue weighted by molar-refractivity contribution is 5.63. The van der Waals surface area contributed by atoms with Gasteiger partial charge in [0.15, 0.2) is 0 Å². The molecule has 0 aliphatic rings. The molecule has 0 aliphatic heterocycles. The number of halogens is 1. The summed E-state index contributed by atoms with van der Waals surface area (Å²) in [7, 11) is 0. The Balaban J connectivity index is 2.15. The molecular formula is C17H17FO2. The Morgan fingerprint density at radius 1 is 1.20 bits per heavy atom. The Bertz CT molecular complexity index is 563. The van der Waals surface area contributed by atoms with Gasteiger partial charge in [-0.1, -0.05) is 24.3 Å². The third-order valence-corrected chi connectivity index (χ3v) is 3.13. The van der Waals surface area contributed by atoms with Gasteiger partial charge in [-0.2, -0.15) is 0 Å². The number of hydrogen-bond donors (Lipinski definition) is 0. The maximum atomic E-state index is 12.9. The normalized spacial score (nSPS) is 11.9. The van der Waals surface area contributed by atoms with Crippen molar-refractivity contribution < 1.29 is 13.9 Å². The van der Waals surface area contributed by atoms with E-state index in [4.69, 9.17) is 4.74 Å². The van der Waals surface area contributed by atoms with Gasteiger partial charge in [0.25, 0.3) is 0 Å². The van der Waals surface area contributed by atoms with Gasteiger partial charge in [-0.05, 0) is 48.7 Å². The summed E-state index contributed by atoms with van der Waals surface area (Å²) in [5.74, 6) is 0.234. The van der Waals surface area contributed by atoms with Crippen molar-refractivity contribution in [1.82, 2.24) is 0 Å². The number of aldehydes is 1. The first-order valence-electron chi connectivity index (χ1n) is 6.65. The summed E-state index contributed by atoms with van der Waals surface area (Å²) in [6.07, 6.45) is 1.48. The average Bonchev–Trinajstić information content (AvgIpc) is 2.47. The Morgan fingerprint density at radius 2 is 1.95 bits per heavy atom. The SMILES string of the molecule is CCOc1cccc(CC(C=O)c2ccc(F)cc2)c1. The Kier molecular flexibility index (Phi) is 4.88. The van der Waals surface area contributed by atoms with E-state index in [1.165, 1.54) is 12.1 Å². The minimum Gasteiger partial charge on any atom is -0.494 e. The summed E-state index contributed by atoms with van der Waals surface area (Å²) in [4.78, 5) is 11.3. The summed E-state index contributed by atoms with van der Waals surface area (Å²) < 4.78 is 18.4. The number of carbonyl (C=O) groups excluding carboxylic acids is 1. The van der Waals surface area contributed by atoms with Crippen LogP contribution in [0.4, 0.5) is 4.39 Å². The molecule has 1 atom stereocenters. The van der Waals surface area contributed by atoms with Crippen LogP contribution in [0.5, 0.6) is 5.75 Å². The molecule has 2 nitrogen and oxygen atoms in total. The largest absolute Gasteiger partial charge is 0.494 e. The van der Waals surface area contributed by atoms with Crippen molar-refractivity contribution in [3.8, 4) is 5.75 Å². The van der Waals surface area contributed by atoms with E-state index in [9.17, 15) is 9.18 Å². The third kappa shape index (κ3) is 3.67. The lowest BCUT2D eigenvalue weighted by atomic mass is 9.93. The van der Waals surface area contributed by atoms with Gasteiger partial charge in [-0.25, -0.2) is 4.39 Å². The van der Waals surface area contributed by atoms with Gasteiger partial charge >= 0.3 is 0 Å². The Hall–Kier alpha value is -2.16. The molecule has 3 heteroatoms. The summed E-state index contributed by atoms with van der Waals surface area (Å²) in [5.41, 5.74) is 1.85.